The molecule has 0 amide bonds. The number of halogens is 2. The fourth-order valence-corrected chi connectivity index (χ4v) is 7.40. The number of thiophene rings is 1. The van der Waals surface area contributed by atoms with Crippen molar-refractivity contribution >= 4 is 50.9 Å². The highest BCUT2D eigenvalue weighted by Gasteiger charge is 2.52. The molecule has 0 N–H and O–H groups in total. The van der Waals surface area contributed by atoms with E-state index in [1.165, 1.54) is 12.1 Å². The number of ether oxygens (including phenoxy) is 4. The summed E-state index contributed by atoms with van der Waals surface area (Å²) in [7, 11) is 0. The molecular weight excluding hydrogens is 703 g/mol. The average molecular weight is 735 g/mol. The molecule has 7 nitrogen and oxygen atoms in total. The second-order valence-corrected chi connectivity index (χ2v) is 13.8. The van der Waals surface area contributed by atoms with Crippen molar-refractivity contribution < 1.29 is 37.7 Å². The van der Waals surface area contributed by atoms with Crippen LogP contribution in [-0.4, -0.2) is 49.0 Å². The van der Waals surface area contributed by atoms with Crippen molar-refractivity contribution in [2.45, 2.75) is 37.0 Å². The molecule has 0 radical (unpaired) electrons. The molecule has 5 aromatic carbocycles. The van der Waals surface area contributed by atoms with Crippen molar-refractivity contribution in [3.63, 3.8) is 0 Å². The molecule has 0 spiro atoms. The first-order chi connectivity index (χ1) is 25.3. The largest absolute Gasteiger partial charge is 0.459 e. The lowest BCUT2D eigenvalue weighted by Crippen LogP contribution is -2.56. The van der Waals surface area contributed by atoms with Crippen LogP contribution in [0.25, 0.3) is 10.1 Å². The molecule has 0 bridgehead atoms. The predicted molar refractivity (Wildman–Crippen MR) is 197 cm³/mol. The first-order valence-electron chi connectivity index (χ1n) is 16.6. The Morgan fingerprint density at radius 2 is 1.23 bits per heavy atom. The number of carbonyl (C=O) groups is 3. The second-order valence-electron chi connectivity index (χ2n) is 12.3. The molecule has 6 aromatic rings. The van der Waals surface area contributed by atoms with Gasteiger partial charge < -0.3 is 18.9 Å². The van der Waals surface area contributed by atoms with Gasteiger partial charge in [0.2, 0.25) is 0 Å². The minimum Gasteiger partial charge on any atom is -0.459 e. The molecule has 52 heavy (non-hydrogen) atoms. The zero-order valence-electron chi connectivity index (χ0n) is 27.6. The number of rotatable bonds is 10. The molecule has 1 fully saturated rings. The minimum absolute atomic E-state index is 0.176. The van der Waals surface area contributed by atoms with E-state index in [4.69, 9.17) is 30.5 Å². The van der Waals surface area contributed by atoms with E-state index >= 15 is 4.39 Å². The third kappa shape index (κ3) is 7.92. The van der Waals surface area contributed by atoms with Crippen molar-refractivity contribution in [3.05, 3.63) is 177 Å². The van der Waals surface area contributed by atoms with E-state index in [1.54, 1.807) is 102 Å². The van der Waals surface area contributed by atoms with Crippen molar-refractivity contribution in [2.24, 2.45) is 0 Å². The zero-order chi connectivity index (χ0) is 36.0. The van der Waals surface area contributed by atoms with Gasteiger partial charge in [0.15, 0.2) is 18.4 Å². The van der Waals surface area contributed by atoms with E-state index in [1.807, 2.05) is 24.3 Å². The maximum Gasteiger partial charge on any atom is 0.338 e. The van der Waals surface area contributed by atoms with E-state index in [-0.39, 0.29) is 16.7 Å². The number of carbonyl (C=O) groups excluding carboxylic acids is 3. The van der Waals surface area contributed by atoms with Gasteiger partial charge in [0.25, 0.3) is 0 Å². The van der Waals surface area contributed by atoms with Crippen LogP contribution in [0.5, 0.6) is 0 Å². The summed E-state index contributed by atoms with van der Waals surface area (Å²) in [6.07, 6.45) is -7.24. The van der Waals surface area contributed by atoms with E-state index < -0.39 is 55.1 Å². The van der Waals surface area contributed by atoms with E-state index in [0.29, 0.717) is 17.0 Å². The quantitative estimate of drug-likeness (QED) is 0.102. The molecule has 5 atom stereocenters. The Morgan fingerprint density at radius 3 is 1.85 bits per heavy atom. The van der Waals surface area contributed by atoms with Gasteiger partial charge in [-0.05, 0) is 71.1 Å². The Morgan fingerprint density at radius 1 is 0.673 bits per heavy atom. The summed E-state index contributed by atoms with van der Waals surface area (Å²) in [5.74, 6) is -2.27. The van der Waals surface area contributed by atoms with E-state index in [2.05, 4.69) is 12.1 Å². The summed E-state index contributed by atoms with van der Waals surface area (Å²) in [6, 6.07) is 40.0. The monoisotopic (exact) mass is 734 g/mol. The van der Waals surface area contributed by atoms with E-state index in [9.17, 15) is 14.4 Å². The fraction of sp³-hybridized carbons (Fsp3) is 0.167. The third-order valence-electron chi connectivity index (χ3n) is 8.75. The highest BCUT2D eigenvalue weighted by atomic mass is 35.5. The molecule has 0 unspecified atom stereocenters. The summed E-state index contributed by atoms with van der Waals surface area (Å²) >= 11 is 8.38. The maximum atomic E-state index is 16.8. The van der Waals surface area contributed by atoms with Crippen LogP contribution >= 0.6 is 22.9 Å². The third-order valence-corrected chi connectivity index (χ3v) is 10.2. The number of hydrogen-bond acceptors (Lipinski definition) is 8. The maximum absolute atomic E-state index is 16.8. The van der Waals surface area contributed by atoms with Crippen LogP contribution in [0.1, 0.15) is 53.2 Å². The Kier molecular flexibility index (Phi) is 10.7. The Bertz CT molecular complexity index is 2140. The smallest absolute Gasteiger partial charge is 0.338 e. The summed E-state index contributed by atoms with van der Waals surface area (Å²) in [5.41, 5.74) is 1.92. The molecule has 0 aliphatic carbocycles. The number of alkyl halides is 1. The Hall–Kier alpha value is -5.35. The van der Waals surface area contributed by atoms with Crippen LogP contribution in [0.2, 0.25) is 5.02 Å². The molecule has 1 aromatic heterocycles. The van der Waals surface area contributed by atoms with Gasteiger partial charge in [-0.25, -0.2) is 18.8 Å². The molecule has 7 rings (SSSR count). The van der Waals surface area contributed by atoms with Gasteiger partial charge in [0, 0.05) is 21.0 Å². The molecule has 2 heterocycles. The van der Waals surface area contributed by atoms with E-state index in [0.717, 1.165) is 20.5 Å². The molecular formula is C42H32ClFO7S. The minimum atomic E-state index is -2.06. The number of benzene rings is 5. The van der Waals surface area contributed by atoms with Crippen molar-refractivity contribution in [3.8, 4) is 0 Å². The first kappa shape index (κ1) is 35.1. The van der Waals surface area contributed by atoms with Crippen LogP contribution in [0, 0.1) is 0 Å². The van der Waals surface area contributed by atoms with Crippen molar-refractivity contribution in [1.82, 2.24) is 0 Å². The SMILES string of the molecule is O=C(OC[C@H]1O[C@@H](c2ccc(Cl)c(Cc3cc4ccccc4s3)c2)[C@H](OC(=O)c2ccccc2)[C@@H](OC(=O)c2ccccc2)[C@H]1F)c1ccccc1. The predicted octanol–water partition coefficient (Wildman–Crippen LogP) is 9.23. The second kappa shape index (κ2) is 15.9. The van der Waals surface area contributed by atoms with Crippen LogP contribution in [0.4, 0.5) is 4.39 Å². The Balaban J connectivity index is 1.26. The highest BCUT2D eigenvalue weighted by Crippen LogP contribution is 2.40. The number of hydrogen-bond donors (Lipinski definition) is 0. The van der Waals surface area contributed by atoms with Crippen molar-refractivity contribution in [1.29, 1.82) is 0 Å². The zero-order valence-corrected chi connectivity index (χ0v) is 29.2. The standard InChI is InChI=1S/C42H32ClFO7S/c43-33-21-20-30(22-31(33)24-32-23-29-18-10-11-19-35(29)52-32)37-39(51-42(47)28-16-8-3-9-17-28)38(50-41(46)27-14-6-2-7-15-27)36(44)34(49-37)25-48-40(45)26-12-4-1-5-13-26/h1-23,34,36-39H,24-25H2/t34-,36+,37+,38+,39+/m1/s1. The van der Waals surface area contributed by atoms with Gasteiger partial charge in [-0.2, -0.15) is 0 Å². The van der Waals surface area contributed by atoms with Gasteiger partial charge in [-0.1, -0.05) is 96.5 Å². The Labute approximate surface area is 308 Å². The lowest BCUT2D eigenvalue weighted by Gasteiger charge is -2.42. The van der Waals surface area contributed by atoms with Gasteiger partial charge in [0.1, 0.15) is 18.8 Å². The van der Waals surface area contributed by atoms with Gasteiger partial charge in [0.05, 0.1) is 16.7 Å². The molecule has 262 valence electrons. The lowest BCUT2D eigenvalue weighted by atomic mass is 9.90. The van der Waals surface area contributed by atoms with Crippen LogP contribution in [-0.2, 0) is 25.4 Å². The molecule has 10 heteroatoms. The highest BCUT2D eigenvalue weighted by molar-refractivity contribution is 7.19. The molecule has 1 aliphatic heterocycles. The molecule has 1 saturated heterocycles. The van der Waals surface area contributed by atoms with Crippen LogP contribution < -0.4 is 0 Å². The topological polar surface area (TPSA) is 88.1 Å². The molecule has 1 aliphatic rings. The number of esters is 3. The summed E-state index contributed by atoms with van der Waals surface area (Å²) in [4.78, 5) is 41.0. The average Bonchev–Trinajstić information content (AvgIpc) is 3.60. The van der Waals surface area contributed by atoms with Gasteiger partial charge in [-0.3, -0.25) is 0 Å². The van der Waals surface area contributed by atoms with Crippen molar-refractivity contribution in [2.75, 3.05) is 6.61 Å². The van der Waals surface area contributed by atoms with Gasteiger partial charge >= 0.3 is 17.9 Å². The molecule has 0 saturated carbocycles. The van der Waals surface area contributed by atoms with Gasteiger partial charge in [-0.15, -0.1) is 11.3 Å². The first-order valence-corrected chi connectivity index (χ1v) is 17.8. The summed E-state index contributed by atoms with van der Waals surface area (Å²) in [6.45, 7) is -0.508. The number of fused-ring (bicyclic) bond motifs is 1. The summed E-state index contributed by atoms with van der Waals surface area (Å²) < 4.78 is 41.7. The van der Waals surface area contributed by atoms with Crippen LogP contribution in [0.3, 0.4) is 0 Å². The lowest BCUT2D eigenvalue weighted by molar-refractivity contribution is -0.214. The summed E-state index contributed by atoms with van der Waals surface area (Å²) in [5, 5.41) is 1.61. The van der Waals surface area contributed by atoms with Crippen LogP contribution in [0.15, 0.2) is 140 Å². The normalized spacial score (nSPS) is 19.8. The fourth-order valence-electron chi connectivity index (χ4n) is 6.13.